The van der Waals surface area contributed by atoms with Crippen molar-refractivity contribution in [1.82, 2.24) is 0 Å². The fourth-order valence-corrected chi connectivity index (χ4v) is 19.1. The summed E-state index contributed by atoms with van der Waals surface area (Å²) in [7, 11) is -3.61. The van der Waals surface area contributed by atoms with E-state index in [0.717, 1.165) is 91.4 Å². The van der Waals surface area contributed by atoms with E-state index in [9.17, 15) is 10.2 Å². The summed E-state index contributed by atoms with van der Waals surface area (Å²) in [5.74, 6) is 2.74. The van der Waals surface area contributed by atoms with Crippen molar-refractivity contribution in [1.29, 1.82) is 0 Å². The van der Waals surface area contributed by atoms with E-state index in [1.807, 2.05) is 120 Å². The van der Waals surface area contributed by atoms with Gasteiger partial charge in [0.05, 0.1) is 61.7 Å². The van der Waals surface area contributed by atoms with Gasteiger partial charge in [-0.15, -0.1) is 45.3 Å². The van der Waals surface area contributed by atoms with Crippen molar-refractivity contribution in [2.75, 3.05) is 79.3 Å². The number of rotatable bonds is 38. The highest BCUT2D eigenvalue weighted by molar-refractivity contribution is 7.36. The first kappa shape index (κ1) is 67.3. The predicted molar refractivity (Wildman–Crippen MR) is 367 cm³/mol. The third kappa shape index (κ3) is 17.0. The standard InChI is InChI=1S/C70H92O10S4Si2/c1-11-15-39-73-43-47-77-55-27-19-51(20-28-55)69(71,52-21-29-56(30-22-52)78-48-44-74-40-16-12-2)63-65(59-35-37-61(81-59)85(5,6)7)83-68-64(66(84-67(63)68)60-36-38-62(82-60)86(8,9)10)70(72,53-23-31-57(32-24-53)79-49-45-75-41-17-13-3)54-25-33-58(34-26-54)80-50-46-76-42-18-14-4/h19-38,71-72H,11-18,39-50H2,1-10H3. The maximum atomic E-state index is 14.6. The maximum Gasteiger partial charge on any atom is 0.143 e. The molecule has 86 heavy (non-hydrogen) atoms. The first-order valence-electron chi connectivity index (χ1n) is 31.0. The van der Waals surface area contributed by atoms with Gasteiger partial charge in [-0.1, -0.05) is 153 Å². The summed E-state index contributed by atoms with van der Waals surface area (Å²) in [5.41, 5.74) is 0.727. The Hall–Kier alpha value is -4.67. The SMILES string of the molecule is CCCCOCCOc1ccc(C(O)(c2ccc(OCCOCCCC)cc2)c2c(-c3ccc([Si](C)(C)C)s3)sc3c(C(O)(c4ccc(OCCOCCCC)cc4)c4ccc(OCCOCCCC)cc4)c(-c4ccc([Si](C)(C)C)s4)sc23)cc1. The number of thiophene rings is 4. The highest BCUT2D eigenvalue weighted by atomic mass is 32.1. The summed E-state index contributed by atoms with van der Waals surface area (Å²) >= 11 is 6.92. The minimum Gasteiger partial charge on any atom is -0.491 e. The Labute approximate surface area is 530 Å². The zero-order valence-electron chi connectivity index (χ0n) is 52.5. The van der Waals surface area contributed by atoms with Crippen LogP contribution >= 0.6 is 45.3 Å². The minimum absolute atomic E-state index is 0.408. The Bertz CT molecular complexity index is 2940. The molecule has 0 spiro atoms. The summed E-state index contributed by atoms with van der Waals surface area (Å²) in [6.45, 7) is 29.3. The van der Waals surface area contributed by atoms with Crippen LogP contribution in [0.1, 0.15) is 112 Å². The molecule has 4 heterocycles. The maximum absolute atomic E-state index is 14.6. The molecular weight excluding hydrogens is 1190 g/mol. The second-order valence-electron chi connectivity index (χ2n) is 23.9. The van der Waals surface area contributed by atoms with Gasteiger partial charge in [0.1, 0.15) is 60.6 Å². The van der Waals surface area contributed by atoms with E-state index in [1.165, 1.54) is 9.00 Å². The van der Waals surface area contributed by atoms with Crippen molar-refractivity contribution in [2.24, 2.45) is 0 Å². The van der Waals surface area contributed by atoms with Crippen LogP contribution < -0.4 is 27.9 Å². The molecule has 0 fully saturated rings. The van der Waals surface area contributed by atoms with Crippen LogP contribution in [0.4, 0.5) is 0 Å². The van der Waals surface area contributed by atoms with Gasteiger partial charge in [-0.05, 0) is 118 Å². The number of unbranched alkanes of at least 4 members (excludes halogenated alkanes) is 4. The van der Waals surface area contributed by atoms with Gasteiger partial charge >= 0.3 is 0 Å². The van der Waals surface area contributed by atoms with Crippen LogP contribution in [-0.4, -0.2) is 106 Å². The van der Waals surface area contributed by atoms with Crippen molar-refractivity contribution in [3.8, 4) is 42.5 Å². The molecule has 10 nitrogen and oxygen atoms in total. The molecule has 0 aliphatic rings. The number of fused-ring (bicyclic) bond motifs is 1. The molecule has 8 rings (SSSR count). The van der Waals surface area contributed by atoms with E-state index in [1.54, 1.807) is 22.7 Å². The molecule has 0 unspecified atom stereocenters. The van der Waals surface area contributed by atoms with E-state index in [0.29, 0.717) is 125 Å². The summed E-state index contributed by atoms with van der Waals surface area (Å²) in [5, 5.41) is 29.3. The first-order valence-corrected chi connectivity index (χ1v) is 41.3. The minimum atomic E-state index is -1.80. The molecule has 8 aromatic rings. The predicted octanol–water partition coefficient (Wildman–Crippen LogP) is 16.9. The molecule has 0 saturated heterocycles. The van der Waals surface area contributed by atoms with Crippen LogP contribution in [0.5, 0.6) is 23.0 Å². The molecule has 0 radical (unpaired) electrons. The zero-order chi connectivity index (χ0) is 61.2. The molecule has 0 amide bonds. The molecule has 0 aliphatic heterocycles. The fraction of sp³-hybridized carbons (Fsp3) is 0.457. The van der Waals surface area contributed by atoms with E-state index >= 15 is 0 Å². The molecule has 464 valence electrons. The Balaban J connectivity index is 1.37. The van der Waals surface area contributed by atoms with Gasteiger partial charge in [0, 0.05) is 47.3 Å². The molecule has 2 N–H and O–H groups in total. The Kier molecular flexibility index (Phi) is 25.2. The lowest BCUT2D eigenvalue weighted by Gasteiger charge is -2.31. The number of benzene rings is 4. The third-order valence-corrected chi connectivity index (χ3v) is 27.3. The van der Waals surface area contributed by atoms with Crippen LogP contribution in [0.25, 0.3) is 28.9 Å². The normalized spacial score (nSPS) is 12.4. The highest BCUT2D eigenvalue weighted by Crippen LogP contribution is 2.59. The van der Waals surface area contributed by atoms with Crippen molar-refractivity contribution >= 4 is 79.9 Å². The Morgan fingerprint density at radius 3 is 0.802 bits per heavy atom. The van der Waals surface area contributed by atoms with Gasteiger partial charge in [-0.2, -0.15) is 0 Å². The van der Waals surface area contributed by atoms with Crippen molar-refractivity contribution in [3.05, 3.63) is 155 Å². The summed E-state index contributed by atoms with van der Waals surface area (Å²) in [6, 6.07) is 40.6. The van der Waals surface area contributed by atoms with Gasteiger partial charge in [0.15, 0.2) is 0 Å². The molecule has 0 atom stereocenters. The first-order chi connectivity index (χ1) is 41.5. The van der Waals surface area contributed by atoms with Gasteiger partial charge in [0.25, 0.3) is 0 Å². The van der Waals surface area contributed by atoms with Crippen LogP contribution in [0, 0.1) is 0 Å². The number of aliphatic hydroxyl groups is 2. The monoisotopic (exact) mass is 1280 g/mol. The van der Waals surface area contributed by atoms with Gasteiger partial charge in [-0.3, -0.25) is 0 Å². The van der Waals surface area contributed by atoms with Gasteiger partial charge in [0.2, 0.25) is 0 Å². The molecule has 4 aromatic heterocycles. The van der Waals surface area contributed by atoms with Crippen LogP contribution in [0.2, 0.25) is 39.3 Å². The van der Waals surface area contributed by atoms with Gasteiger partial charge < -0.3 is 48.1 Å². The lowest BCUT2D eigenvalue weighted by atomic mass is 9.78. The van der Waals surface area contributed by atoms with Crippen LogP contribution in [-0.2, 0) is 30.1 Å². The van der Waals surface area contributed by atoms with Crippen LogP contribution in [0.15, 0.2) is 121 Å². The van der Waals surface area contributed by atoms with E-state index in [-0.39, 0.29) is 0 Å². The lowest BCUT2D eigenvalue weighted by molar-refractivity contribution is 0.0977. The summed E-state index contributed by atoms with van der Waals surface area (Å²) in [4.78, 5) is 4.00. The summed E-state index contributed by atoms with van der Waals surface area (Å²) in [6.07, 6.45) is 8.31. The molecule has 0 bridgehead atoms. The second-order valence-corrected chi connectivity index (χ2v) is 38.9. The Morgan fingerprint density at radius 2 is 0.581 bits per heavy atom. The van der Waals surface area contributed by atoms with Crippen molar-refractivity contribution in [3.63, 3.8) is 0 Å². The number of hydrogen-bond acceptors (Lipinski definition) is 14. The highest BCUT2D eigenvalue weighted by Gasteiger charge is 2.46. The molecule has 0 saturated carbocycles. The van der Waals surface area contributed by atoms with Crippen molar-refractivity contribution in [2.45, 2.75) is 130 Å². The van der Waals surface area contributed by atoms with E-state index < -0.39 is 27.3 Å². The fourth-order valence-electron chi connectivity index (χ4n) is 10.0. The second kappa shape index (κ2) is 32.2. The van der Waals surface area contributed by atoms with E-state index in [2.05, 4.69) is 91.2 Å². The summed E-state index contributed by atoms with van der Waals surface area (Å²) < 4.78 is 53.0. The molecule has 16 heteroatoms. The zero-order valence-corrected chi connectivity index (χ0v) is 57.7. The third-order valence-electron chi connectivity index (χ3n) is 15.0. The van der Waals surface area contributed by atoms with E-state index in [4.69, 9.17) is 37.9 Å². The average Bonchev–Trinajstić information content (AvgIpc) is 1.60. The number of ether oxygens (including phenoxy) is 8. The molecular formula is C70H92O10S4Si2. The van der Waals surface area contributed by atoms with Crippen molar-refractivity contribution < 1.29 is 48.1 Å². The van der Waals surface area contributed by atoms with Crippen LogP contribution in [0.3, 0.4) is 0 Å². The lowest BCUT2D eigenvalue weighted by Crippen LogP contribution is -2.34. The largest absolute Gasteiger partial charge is 0.491 e. The molecule has 4 aromatic carbocycles. The topological polar surface area (TPSA) is 114 Å². The average molecular weight is 1280 g/mol. The number of hydrogen-bond donors (Lipinski definition) is 2. The van der Waals surface area contributed by atoms with Gasteiger partial charge in [-0.25, -0.2) is 0 Å². The quantitative estimate of drug-likeness (QED) is 0.0286. The smallest absolute Gasteiger partial charge is 0.143 e. The Morgan fingerprint density at radius 1 is 0.326 bits per heavy atom. The molecule has 0 aliphatic carbocycles.